The Balaban J connectivity index is 1.53. The zero-order valence-electron chi connectivity index (χ0n) is 18.9. The lowest BCUT2D eigenvalue weighted by Gasteiger charge is -2.23. The molecule has 0 saturated carbocycles. The second kappa shape index (κ2) is 12.1. The van der Waals surface area contributed by atoms with E-state index >= 15 is 0 Å². The number of methoxy groups -OCH3 is 1. The maximum absolute atomic E-state index is 12.3. The van der Waals surface area contributed by atoms with Crippen LogP contribution in [0, 0.1) is 0 Å². The third kappa shape index (κ3) is 6.84. The van der Waals surface area contributed by atoms with Gasteiger partial charge in [0.1, 0.15) is 12.4 Å². The van der Waals surface area contributed by atoms with E-state index < -0.39 is 0 Å². The van der Waals surface area contributed by atoms with Gasteiger partial charge in [-0.15, -0.1) is 0 Å². The van der Waals surface area contributed by atoms with E-state index in [-0.39, 0.29) is 5.91 Å². The van der Waals surface area contributed by atoms with Gasteiger partial charge >= 0.3 is 0 Å². The summed E-state index contributed by atoms with van der Waals surface area (Å²) in [4.78, 5) is 18.7. The third-order valence-corrected chi connectivity index (χ3v) is 5.83. The Hall–Kier alpha value is -2.82. The molecular formula is C26H35N3O2. The molecule has 0 fully saturated rings. The van der Waals surface area contributed by atoms with Crippen LogP contribution >= 0.6 is 0 Å². The molecule has 1 aromatic carbocycles. The average molecular weight is 422 g/mol. The summed E-state index contributed by atoms with van der Waals surface area (Å²) in [6.07, 6.45) is 16.9. The predicted octanol–water partition coefficient (Wildman–Crippen LogP) is 4.90. The molecule has 1 N–H and O–H groups in total. The topological polar surface area (TPSA) is 53.9 Å². The van der Waals surface area contributed by atoms with Crippen molar-refractivity contribution in [2.24, 2.45) is 4.99 Å². The van der Waals surface area contributed by atoms with Gasteiger partial charge in [0.05, 0.1) is 7.11 Å². The molecule has 1 heterocycles. The summed E-state index contributed by atoms with van der Waals surface area (Å²) in [7, 11) is 1.71. The number of aryl methyl sites for hydroxylation is 1. The maximum Gasteiger partial charge on any atom is 0.243 e. The Bertz CT molecular complexity index is 867. The molecule has 1 aliphatic carbocycles. The van der Waals surface area contributed by atoms with E-state index in [1.807, 2.05) is 24.4 Å². The molecule has 2 aliphatic rings. The monoisotopic (exact) mass is 421 g/mol. The van der Waals surface area contributed by atoms with Crippen molar-refractivity contribution in [3.8, 4) is 5.75 Å². The van der Waals surface area contributed by atoms with Gasteiger partial charge in [0.15, 0.2) is 0 Å². The summed E-state index contributed by atoms with van der Waals surface area (Å²) >= 11 is 0. The first-order chi connectivity index (χ1) is 15.2. The van der Waals surface area contributed by atoms with Gasteiger partial charge in [-0.1, -0.05) is 25.5 Å². The summed E-state index contributed by atoms with van der Waals surface area (Å²) in [6, 6.07) is 6.37. The highest BCUT2D eigenvalue weighted by Gasteiger charge is 2.18. The van der Waals surface area contributed by atoms with Crippen LogP contribution in [0.25, 0.3) is 5.57 Å². The number of nitrogens with one attached hydrogen (secondary N) is 1. The molecule has 0 unspecified atom stereocenters. The van der Waals surface area contributed by atoms with Crippen molar-refractivity contribution in [1.82, 2.24) is 10.2 Å². The fraction of sp³-hybridized carbons (Fsp3) is 0.462. The molecule has 1 aromatic rings. The zero-order chi connectivity index (χ0) is 21.9. The SMILES string of the molecule is CCCCC1=C(/C=C/C(=O)NCCCCN2C=CC=NC2)CCc2cc(OC)ccc21. The van der Waals surface area contributed by atoms with Crippen LogP contribution < -0.4 is 10.1 Å². The number of carbonyl (C=O) groups is 1. The Labute approximate surface area is 186 Å². The minimum atomic E-state index is -0.00895. The number of hydrogen-bond donors (Lipinski definition) is 1. The van der Waals surface area contributed by atoms with E-state index in [2.05, 4.69) is 40.5 Å². The van der Waals surface area contributed by atoms with Gasteiger partial charge in [-0.25, -0.2) is 0 Å². The summed E-state index contributed by atoms with van der Waals surface area (Å²) in [5.74, 6) is 0.904. The first-order valence-electron chi connectivity index (χ1n) is 11.5. The summed E-state index contributed by atoms with van der Waals surface area (Å²) in [5.41, 5.74) is 5.34. The number of benzene rings is 1. The van der Waals surface area contributed by atoms with Crippen molar-refractivity contribution in [3.63, 3.8) is 0 Å². The van der Waals surface area contributed by atoms with Crippen molar-refractivity contribution in [2.45, 2.75) is 51.9 Å². The number of allylic oxidation sites excluding steroid dienone is 4. The lowest BCUT2D eigenvalue weighted by Crippen LogP contribution is -2.24. The second-order valence-electron chi connectivity index (χ2n) is 8.09. The van der Waals surface area contributed by atoms with Gasteiger partial charge in [-0.3, -0.25) is 9.79 Å². The van der Waals surface area contributed by atoms with Crippen LogP contribution in [-0.2, 0) is 11.2 Å². The van der Waals surface area contributed by atoms with E-state index in [4.69, 9.17) is 4.74 Å². The molecule has 0 bridgehead atoms. The highest BCUT2D eigenvalue weighted by molar-refractivity contribution is 5.89. The molecule has 0 atom stereocenters. The van der Waals surface area contributed by atoms with Gasteiger partial charge in [-0.05, 0) is 79.0 Å². The van der Waals surface area contributed by atoms with Crippen LogP contribution in [-0.4, -0.2) is 43.9 Å². The Morgan fingerprint density at radius 1 is 1.26 bits per heavy atom. The van der Waals surface area contributed by atoms with Crippen molar-refractivity contribution >= 4 is 17.7 Å². The highest BCUT2D eigenvalue weighted by Crippen LogP contribution is 2.36. The quantitative estimate of drug-likeness (QED) is 0.409. The van der Waals surface area contributed by atoms with E-state index in [0.717, 1.165) is 63.9 Å². The maximum atomic E-state index is 12.3. The summed E-state index contributed by atoms with van der Waals surface area (Å²) in [5, 5.41) is 3.02. The number of aliphatic imine (C=N–C) groups is 1. The minimum absolute atomic E-state index is 0.00895. The van der Waals surface area contributed by atoms with Gasteiger partial charge in [-0.2, -0.15) is 0 Å². The first-order valence-corrected chi connectivity index (χ1v) is 11.5. The molecule has 1 amide bonds. The standard InChI is InChI=1S/C26H35N3O2/c1-3-4-8-24-21(9-10-22-19-23(31-2)12-13-25(22)24)11-14-26(30)28-16-5-6-17-29-18-7-15-27-20-29/h7,11-15,18-19H,3-6,8-10,16-17,20H2,1-2H3,(H,28,30)/b14-11+. The van der Waals surface area contributed by atoms with Crippen molar-refractivity contribution in [3.05, 3.63) is 59.3 Å². The van der Waals surface area contributed by atoms with Crippen molar-refractivity contribution in [1.29, 1.82) is 0 Å². The predicted molar refractivity (Wildman–Crippen MR) is 128 cm³/mol. The molecule has 5 nitrogen and oxygen atoms in total. The Morgan fingerprint density at radius 2 is 2.16 bits per heavy atom. The number of amides is 1. The molecule has 0 aromatic heterocycles. The summed E-state index contributed by atoms with van der Waals surface area (Å²) < 4.78 is 5.40. The third-order valence-electron chi connectivity index (χ3n) is 5.83. The number of unbranched alkanes of at least 4 members (excludes halogenated alkanes) is 2. The van der Waals surface area contributed by atoms with Crippen LogP contribution in [0.3, 0.4) is 0 Å². The molecular weight excluding hydrogens is 386 g/mol. The molecule has 0 radical (unpaired) electrons. The lowest BCUT2D eigenvalue weighted by molar-refractivity contribution is -0.116. The largest absolute Gasteiger partial charge is 0.497 e. The van der Waals surface area contributed by atoms with E-state index in [1.165, 1.54) is 22.3 Å². The van der Waals surface area contributed by atoms with Gasteiger partial charge in [0.2, 0.25) is 5.91 Å². The molecule has 166 valence electrons. The molecule has 1 aliphatic heterocycles. The lowest BCUT2D eigenvalue weighted by atomic mass is 9.83. The van der Waals surface area contributed by atoms with Crippen LogP contribution in [0.5, 0.6) is 5.75 Å². The smallest absolute Gasteiger partial charge is 0.243 e. The van der Waals surface area contributed by atoms with Gasteiger partial charge in [0.25, 0.3) is 0 Å². The average Bonchev–Trinajstić information content (AvgIpc) is 2.81. The first kappa shape index (κ1) is 22.9. The van der Waals surface area contributed by atoms with Crippen molar-refractivity contribution < 1.29 is 9.53 Å². The molecule has 31 heavy (non-hydrogen) atoms. The van der Waals surface area contributed by atoms with Crippen LogP contribution in [0.15, 0.2) is 53.2 Å². The Kier molecular flexibility index (Phi) is 8.95. The number of nitrogens with zero attached hydrogens (tertiary/aromatic N) is 2. The highest BCUT2D eigenvalue weighted by atomic mass is 16.5. The van der Waals surface area contributed by atoms with E-state index in [9.17, 15) is 4.79 Å². The number of rotatable bonds is 11. The molecule has 3 rings (SSSR count). The number of hydrogen-bond acceptors (Lipinski definition) is 4. The summed E-state index contributed by atoms with van der Waals surface area (Å²) in [6.45, 7) is 4.62. The molecule has 0 saturated heterocycles. The molecule has 0 spiro atoms. The van der Waals surface area contributed by atoms with Crippen molar-refractivity contribution in [2.75, 3.05) is 26.9 Å². The van der Waals surface area contributed by atoms with E-state index in [1.54, 1.807) is 13.2 Å². The van der Waals surface area contributed by atoms with Crippen LogP contribution in [0.1, 0.15) is 56.6 Å². The fourth-order valence-corrected chi connectivity index (χ4v) is 4.08. The number of carbonyl (C=O) groups excluding carboxylic acids is 1. The normalized spacial score (nSPS) is 15.5. The fourth-order valence-electron chi connectivity index (χ4n) is 4.08. The van der Waals surface area contributed by atoms with Gasteiger partial charge in [0, 0.05) is 31.6 Å². The van der Waals surface area contributed by atoms with E-state index in [0.29, 0.717) is 6.54 Å². The Morgan fingerprint density at radius 3 is 2.94 bits per heavy atom. The van der Waals surface area contributed by atoms with Gasteiger partial charge < -0.3 is 15.0 Å². The second-order valence-corrected chi connectivity index (χ2v) is 8.09. The van der Waals surface area contributed by atoms with Crippen LogP contribution in [0.4, 0.5) is 0 Å². The minimum Gasteiger partial charge on any atom is -0.497 e. The number of fused-ring (bicyclic) bond motifs is 1. The number of ether oxygens (including phenoxy) is 1. The van der Waals surface area contributed by atoms with Crippen LogP contribution in [0.2, 0.25) is 0 Å². The zero-order valence-corrected chi connectivity index (χ0v) is 18.9. The molecule has 5 heteroatoms.